The van der Waals surface area contributed by atoms with Crippen molar-refractivity contribution in [3.05, 3.63) is 0 Å². The van der Waals surface area contributed by atoms with Gasteiger partial charge in [0.25, 0.3) is 0 Å². The fourth-order valence-corrected chi connectivity index (χ4v) is 1.48. The largest absolute Gasteiger partial charge is 0.409 e. The van der Waals surface area contributed by atoms with Crippen LogP contribution in [-0.4, -0.2) is 60.3 Å². The fraction of sp³-hybridized carbons (Fsp3) is 0.727. The Bertz CT molecular complexity index is 339. The number of nitrogens with zero attached hydrogens (tertiary/aromatic N) is 3. The Morgan fingerprint density at radius 2 is 1.78 bits per heavy atom. The highest BCUT2D eigenvalue weighted by molar-refractivity contribution is 6.03. The maximum absolute atomic E-state index is 12.1. The lowest BCUT2D eigenvalue weighted by molar-refractivity contribution is -0.140. The zero-order valence-corrected chi connectivity index (χ0v) is 11.5. The number of hydrogen-bond acceptors (Lipinski definition) is 4. The monoisotopic (exact) mass is 258 g/mol. The highest BCUT2D eigenvalue weighted by Crippen LogP contribution is 2.14. The van der Waals surface area contributed by atoms with Gasteiger partial charge >= 0.3 is 0 Å². The number of hydrogen-bond donors (Lipinski definition) is 2. The van der Waals surface area contributed by atoms with Crippen LogP contribution in [0.25, 0.3) is 0 Å². The molecular formula is C11H22N4O3. The van der Waals surface area contributed by atoms with Crippen molar-refractivity contribution in [2.24, 2.45) is 22.7 Å². The third-order valence-corrected chi connectivity index (χ3v) is 2.61. The Balaban J connectivity index is 4.84. The number of oxime groups is 1. The van der Waals surface area contributed by atoms with Crippen molar-refractivity contribution in [3.8, 4) is 0 Å². The number of amides is 2. The topological polar surface area (TPSA) is 99.2 Å². The lowest BCUT2D eigenvalue weighted by atomic mass is 9.93. The Labute approximate surface area is 107 Å². The Hall–Kier alpha value is -1.79. The van der Waals surface area contributed by atoms with E-state index in [9.17, 15) is 9.59 Å². The molecule has 7 heteroatoms. The average Bonchev–Trinajstić information content (AvgIpc) is 2.27. The van der Waals surface area contributed by atoms with Gasteiger partial charge in [-0.15, -0.1) is 0 Å². The van der Waals surface area contributed by atoms with Gasteiger partial charge in [-0.05, 0) is 5.92 Å². The van der Waals surface area contributed by atoms with Crippen LogP contribution in [0.5, 0.6) is 0 Å². The van der Waals surface area contributed by atoms with E-state index in [0.717, 1.165) is 0 Å². The molecule has 0 radical (unpaired) electrons. The second-order valence-electron chi connectivity index (χ2n) is 4.73. The summed E-state index contributed by atoms with van der Waals surface area (Å²) in [5.41, 5.74) is 5.50. The van der Waals surface area contributed by atoms with Crippen LogP contribution >= 0.6 is 0 Å². The second-order valence-corrected chi connectivity index (χ2v) is 4.73. The van der Waals surface area contributed by atoms with Crippen LogP contribution in [0.1, 0.15) is 13.8 Å². The van der Waals surface area contributed by atoms with E-state index in [-0.39, 0.29) is 30.1 Å². The molecule has 0 aromatic rings. The lowest BCUT2D eigenvalue weighted by Crippen LogP contribution is -2.46. The van der Waals surface area contributed by atoms with Gasteiger partial charge in [0.1, 0.15) is 5.92 Å². The molecular weight excluding hydrogens is 236 g/mol. The SMILES string of the molecule is CC(C)C(C(=O)N(C)CC(=O)N(C)C)C(N)=NO. The molecule has 0 saturated heterocycles. The van der Waals surface area contributed by atoms with Crippen molar-refractivity contribution in [2.45, 2.75) is 13.8 Å². The third kappa shape index (κ3) is 4.23. The summed E-state index contributed by atoms with van der Waals surface area (Å²) in [6.07, 6.45) is 0. The molecule has 0 aromatic heterocycles. The average molecular weight is 258 g/mol. The van der Waals surface area contributed by atoms with E-state index in [2.05, 4.69) is 5.16 Å². The second kappa shape index (κ2) is 6.83. The molecule has 2 amide bonds. The molecule has 0 aliphatic carbocycles. The lowest BCUT2D eigenvalue weighted by Gasteiger charge is -2.25. The van der Waals surface area contributed by atoms with Gasteiger partial charge in [0.05, 0.1) is 6.54 Å². The van der Waals surface area contributed by atoms with Crippen molar-refractivity contribution in [1.29, 1.82) is 0 Å². The van der Waals surface area contributed by atoms with Crippen LogP contribution in [0.2, 0.25) is 0 Å². The molecule has 0 spiro atoms. The van der Waals surface area contributed by atoms with Crippen molar-refractivity contribution in [2.75, 3.05) is 27.7 Å². The molecule has 1 atom stereocenters. The van der Waals surface area contributed by atoms with Crippen LogP contribution in [0, 0.1) is 11.8 Å². The zero-order chi connectivity index (χ0) is 14.5. The summed E-state index contributed by atoms with van der Waals surface area (Å²) in [7, 11) is 4.75. The van der Waals surface area contributed by atoms with Crippen LogP contribution in [0.15, 0.2) is 5.16 Å². The molecule has 7 nitrogen and oxygen atoms in total. The Kier molecular flexibility index (Phi) is 6.15. The van der Waals surface area contributed by atoms with Crippen molar-refractivity contribution < 1.29 is 14.8 Å². The van der Waals surface area contributed by atoms with E-state index in [0.29, 0.717) is 0 Å². The smallest absolute Gasteiger partial charge is 0.241 e. The van der Waals surface area contributed by atoms with Gasteiger partial charge in [-0.3, -0.25) is 9.59 Å². The van der Waals surface area contributed by atoms with Crippen LogP contribution < -0.4 is 5.73 Å². The summed E-state index contributed by atoms with van der Waals surface area (Å²) in [5.74, 6) is -1.51. The minimum atomic E-state index is -0.727. The van der Waals surface area contributed by atoms with Crippen molar-refractivity contribution in [3.63, 3.8) is 0 Å². The summed E-state index contributed by atoms with van der Waals surface area (Å²) in [6.45, 7) is 3.55. The number of nitrogens with two attached hydrogens (primary N) is 1. The molecule has 0 fully saturated rings. The Morgan fingerprint density at radius 1 is 1.28 bits per heavy atom. The molecule has 0 rings (SSSR count). The van der Waals surface area contributed by atoms with Crippen molar-refractivity contribution in [1.82, 2.24) is 9.80 Å². The highest BCUT2D eigenvalue weighted by Gasteiger charge is 2.30. The van der Waals surface area contributed by atoms with Crippen LogP contribution in [-0.2, 0) is 9.59 Å². The maximum Gasteiger partial charge on any atom is 0.241 e. The molecule has 0 aliphatic rings. The molecule has 0 aromatic carbocycles. The Morgan fingerprint density at radius 3 is 2.11 bits per heavy atom. The molecule has 104 valence electrons. The molecule has 18 heavy (non-hydrogen) atoms. The quantitative estimate of drug-likeness (QED) is 0.302. The minimum absolute atomic E-state index is 0.0340. The van der Waals surface area contributed by atoms with Gasteiger partial charge in [-0.25, -0.2) is 0 Å². The number of likely N-dealkylation sites (N-methyl/N-ethyl adjacent to an activating group) is 2. The van der Waals surface area contributed by atoms with Gasteiger partial charge in [0.2, 0.25) is 11.8 Å². The summed E-state index contributed by atoms with van der Waals surface area (Å²) in [4.78, 5) is 26.3. The molecule has 1 unspecified atom stereocenters. The molecule has 0 bridgehead atoms. The first-order valence-corrected chi connectivity index (χ1v) is 5.64. The maximum atomic E-state index is 12.1. The first kappa shape index (κ1) is 16.2. The molecule has 0 saturated carbocycles. The van der Waals surface area contributed by atoms with E-state index < -0.39 is 5.92 Å². The molecule has 0 heterocycles. The number of carbonyl (C=O) groups is 2. The number of rotatable bonds is 5. The first-order chi connectivity index (χ1) is 8.22. The highest BCUT2D eigenvalue weighted by atomic mass is 16.4. The number of amidine groups is 1. The van der Waals surface area contributed by atoms with E-state index >= 15 is 0 Å². The summed E-state index contributed by atoms with van der Waals surface area (Å²) >= 11 is 0. The summed E-state index contributed by atoms with van der Waals surface area (Å²) < 4.78 is 0. The summed E-state index contributed by atoms with van der Waals surface area (Å²) in [5, 5.41) is 11.6. The van der Waals surface area contributed by atoms with Crippen LogP contribution in [0.3, 0.4) is 0 Å². The van der Waals surface area contributed by atoms with E-state index in [4.69, 9.17) is 10.9 Å². The third-order valence-electron chi connectivity index (χ3n) is 2.61. The van der Waals surface area contributed by atoms with Gasteiger partial charge < -0.3 is 20.7 Å². The van der Waals surface area contributed by atoms with E-state index in [1.807, 2.05) is 0 Å². The predicted molar refractivity (Wildman–Crippen MR) is 68.1 cm³/mol. The molecule has 0 aliphatic heterocycles. The minimum Gasteiger partial charge on any atom is -0.409 e. The number of carbonyl (C=O) groups excluding carboxylic acids is 2. The normalized spacial score (nSPS) is 13.3. The van der Waals surface area contributed by atoms with Crippen LogP contribution in [0.4, 0.5) is 0 Å². The van der Waals surface area contributed by atoms with E-state index in [1.165, 1.54) is 16.8 Å². The predicted octanol–water partition coefficient (Wildman–Crippen LogP) is -0.448. The van der Waals surface area contributed by atoms with Gasteiger partial charge in [-0.2, -0.15) is 0 Å². The zero-order valence-electron chi connectivity index (χ0n) is 11.5. The van der Waals surface area contributed by atoms with Gasteiger partial charge in [0.15, 0.2) is 5.84 Å². The van der Waals surface area contributed by atoms with Gasteiger partial charge in [-0.1, -0.05) is 19.0 Å². The van der Waals surface area contributed by atoms with Gasteiger partial charge in [0, 0.05) is 21.1 Å². The van der Waals surface area contributed by atoms with E-state index in [1.54, 1.807) is 27.9 Å². The first-order valence-electron chi connectivity index (χ1n) is 5.64. The summed E-state index contributed by atoms with van der Waals surface area (Å²) in [6, 6.07) is 0. The fourth-order valence-electron chi connectivity index (χ4n) is 1.48. The van der Waals surface area contributed by atoms with Crippen molar-refractivity contribution >= 4 is 17.6 Å². The standard InChI is InChI=1S/C11H22N4O3/c1-7(2)9(10(12)13-18)11(17)15(5)6-8(16)14(3)4/h7,9,18H,6H2,1-5H3,(H2,12,13). The molecule has 3 N–H and O–H groups in total.